The van der Waals surface area contributed by atoms with Crippen molar-refractivity contribution in [2.24, 2.45) is 0 Å². The van der Waals surface area contributed by atoms with Crippen molar-refractivity contribution in [3.05, 3.63) is 72.1 Å². The van der Waals surface area contributed by atoms with E-state index < -0.39 is 0 Å². The van der Waals surface area contributed by atoms with Gasteiger partial charge in [-0.2, -0.15) is 0 Å². The van der Waals surface area contributed by atoms with E-state index in [-0.39, 0.29) is 25.2 Å². The molecule has 7 nitrogen and oxygen atoms in total. The Labute approximate surface area is 174 Å². The minimum absolute atomic E-state index is 0.00295. The molecule has 30 heavy (non-hydrogen) atoms. The van der Waals surface area contributed by atoms with Crippen molar-refractivity contribution in [3.63, 3.8) is 0 Å². The van der Waals surface area contributed by atoms with E-state index in [9.17, 15) is 4.79 Å². The normalized spacial score (nSPS) is 16.0. The van der Waals surface area contributed by atoms with Crippen molar-refractivity contribution in [2.45, 2.75) is 25.8 Å². The van der Waals surface area contributed by atoms with Crippen molar-refractivity contribution in [1.82, 2.24) is 9.97 Å². The molecule has 2 aromatic carbocycles. The van der Waals surface area contributed by atoms with Gasteiger partial charge in [-0.3, -0.25) is 9.69 Å². The van der Waals surface area contributed by atoms with E-state index in [0.717, 1.165) is 11.1 Å². The van der Waals surface area contributed by atoms with Gasteiger partial charge in [0.15, 0.2) is 5.82 Å². The topological polar surface area (TPSA) is 84.8 Å². The largest absolute Gasteiger partial charge is 0.491 e. The summed E-state index contributed by atoms with van der Waals surface area (Å²) in [6.45, 7) is 2.19. The summed E-state index contributed by atoms with van der Waals surface area (Å²) in [4.78, 5) is 23.0. The second kappa shape index (κ2) is 8.92. The van der Waals surface area contributed by atoms with Crippen molar-refractivity contribution < 1.29 is 19.4 Å². The number of aromatic nitrogens is 2. The van der Waals surface area contributed by atoms with Gasteiger partial charge < -0.3 is 14.6 Å². The van der Waals surface area contributed by atoms with E-state index in [1.165, 1.54) is 6.20 Å². The van der Waals surface area contributed by atoms with E-state index in [0.29, 0.717) is 36.0 Å². The second-order valence-corrected chi connectivity index (χ2v) is 7.09. The fourth-order valence-electron chi connectivity index (χ4n) is 3.48. The zero-order chi connectivity index (χ0) is 20.9. The molecule has 0 radical (unpaired) electrons. The highest BCUT2D eigenvalue weighted by molar-refractivity contribution is 5.95. The number of carbonyl (C=O) groups is 1. The highest BCUT2D eigenvalue weighted by Gasteiger charge is 2.34. The van der Waals surface area contributed by atoms with E-state index in [1.807, 2.05) is 55.5 Å². The lowest BCUT2D eigenvalue weighted by Crippen LogP contribution is -2.28. The van der Waals surface area contributed by atoms with Crippen LogP contribution in [0.4, 0.5) is 5.82 Å². The summed E-state index contributed by atoms with van der Waals surface area (Å²) in [7, 11) is 0. The lowest BCUT2D eigenvalue weighted by atomic mass is 10.0. The van der Waals surface area contributed by atoms with Gasteiger partial charge in [0.1, 0.15) is 18.1 Å². The molecule has 1 amide bonds. The number of amides is 1. The van der Waals surface area contributed by atoms with Crippen LogP contribution >= 0.6 is 0 Å². The first-order valence-corrected chi connectivity index (χ1v) is 9.86. The molecule has 1 aromatic heterocycles. The molecule has 1 fully saturated rings. The van der Waals surface area contributed by atoms with Crippen molar-refractivity contribution in [1.29, 1.82) is 0 Å². The average Bonchev–Trinajstić information content (AvgIpc) is 3.16. The highest BCUT2D eigenvalue weighted by Crippen LogP contribution is 2.37. The monoisotopic (exact) mass is 405 g/mol. The third-order valence-electron chi connectivity index (χ3n) is 4.92. The van der Waals surface area contributed by atoms with Crippen molar-refractivity contribution in [2.75, 3.05) is 18.1 Å². The number of hydrogen-bond acceptors (Lipinski definition) is 6. The highest BCUT2D eigenvalue weighted by atomic mass is 16.5. The summed E-state index contributed by atoms with van der Waals surface area (Å²) in [5.74, 6) is 2.19. The maximum absolute atomic E-state index is 12.6. The first kappa shape index (κ1) is 19.8. The fourth-order valence-corrected chi connectivity index (χ4v) is 3.48. The average molecular weight is 405 g/mol. The summed E-state index contributed by atoms with van der Waals surface area (Å²) >= 11 is 0. The molecule has 4 rings (SSSR count). The van der Waals surface area contributed by atoms with Crippen molar-refractivity contribution in [3.8, 4) is 17.4 Å². The smallest absolute Gasteiger partial charge is 0.237 e. The van der Waals surface area contributed by atoms with Crippen LogP contribution in [0.25, 0.3) is 0 Å². The van der Waals surface area contributed by atoms with Gasteiger partial charge in [0.05, 0.1) is 25.0 Å². The third-order valence-corrected chi connectivity index (χ3v) is 4.92. The number of ether oxygens (including phenoxy) is 2. The molecule has 0 aliphatic carbocycles. The van der Waals surface area contributed by atoms with Gasteiger partial charge in [0.25, 0.3) is 0 Å². The van der Waals surface area contributed by atoms with Gasteiger partial charge in [-0.15, -0.1) is 0 Å². The maximum Gasteiger partial charge on any atom is 0.237 e. The number of nitrogens with zero attached hydrogens (tertiary/aromatic N) is 3. The van der Waals surface area contributed by atoms with Crippen LogP contribution in [0, 0.1) is 6.92 Å². The quantitative estimate of drug-likeness (QED) is 0.643. The molecular weight excluding hydrogens is 382 g/mol. The number of anilines is 1. The van der Waals surface area contributed by atoms with E-state index in [2.05, 4.69) is 9.97 Å². The van der Waals surface area contributed by atoms with Crippen LogP contribution in [0.15, 0.2) is 60.9 Å². The molecule has 0 bridgehead atoms. The Morgan fingerprint density at radius 2 is 1.93 bits per heavy atom. The summed E-state index contributed by atoms with van der Waals surface area (Å²) in [5.41, 5.74) is 2.10. The standard InChI is InChI=1S/C23H23N3O4/c1-16-5-7-18(8-6-16)30-22-15-24-21(14-25-22)26-20(9-10-23(26)28)17-3-2-4-19(13-17)29-12-11-27/h2-8,13-15,20,27H,9-12H2,1H3. The molecule has 0 saturated carbocycles. The second-order valence-electron chi connectivity index (χ2n) is 7.09. The van der Waals surface area contributed by atoms with Gasteiger partial charge in [-0.25, -0.2) is 9.97 Å². The summed E-state index contributed by atoms with van der Waals surface area (Å²) in [5, 5.41) is 8.96. The molecule has 3 aromatic rings. The minimum Gasteiger partial charge on any atom is -0.491 e. The Kier molecular flexibility index (Phi) is 5.90. The summed E-state index contributed by atoms with van der Waals surface area (Å²) < 4.78 is 11.2. The zero-order valence-electron chi connectivity index (χ0n) is 16.7. The minimum atomic E-state index is -0.145. The Morgan fingerprint density at radius 1 is 1.10 bits per heavy atom. The molecule has 1 atom stereocenters. The first-order chi connectivity index (χ1) is 14.6. The summed E-state index contributed by atoms with van der Waals surface area (Å²) in [6.07, 6.45) is 4.21. The van der Waals surface area contributed by atoms with Crippen LogP contribution in [0.2, 0.25) is 0 Å². The van der Waals surface area contributed by atoms with Gasteiger partial charge in [-0.1, -0.05) is 29.8 Å². The lowest BCUT2D eigenvalue weighted by Gasteiger charge is -2.24. The molecule has 0 spiro atoms. The molecule has 1 unspecified atom stereocenters. The molecule has 7 heteroatoms. The number of aliphatic hydroxyl groups excluding tert-OH is 1. The van der Waals surface area contributed by atoms with Gasteiger partial charge >= 0.3 is 0 Å². The Morgan fingerprint density at radius 3 is 2.67 bits per heavy atom. The van der Waals surface area contributed by atoms with E-state index >= 15 is 0 Å². The van der Waals surface area contributed by atoms with Gasteiger partial charge in [0, 0.05) is 6.42 Å². The van der Waals surface area contributed by atoms with Crippen LogP contribution in [0.1, 0.15) is 30.0 Å². The van der Waals surface area contributed by atoms with Crippen LogP contribution in [0.5, 0.6) is 17.4 Å². The Bertz CT molecular complexity index is 1010. The van der Waals surface area contributed by atoms with E-state index in [1.54, 1.807) is 11.1 Å². The van der Waals surface area contributed by atoms with Crippen LogP contribution < -0.4 is 14.4 Å². The molecule has 1 saturated heterocycles. The molecule has 2 heterocycles. The number of aliphatic hydroxyl groups is 1. The number of aryl methyl sites for hydroxylation is 1. The van der Waals surface area contributed by atoms with Crippen LogP contribution in [0.3, 0.4) is 0 Å². The third kappa shape index (κ3) is 4.41. The lowest BCUT2D eigenvalue weighted by molar-refractivity contribution is -0.117. The maximum atomic E-state index is 12.6. The predicted octanol–water partition coefficient (Wildman–Crippen LogP) is 3.82. The number of benzene rings is 2. The van der Waals surface area contributed by atoms with Crippen LogP contribution in [-0.2, 0) is 4.79 Å². The molecule has 1 aliphatic rings. The Balaban J connectivity index is 1.53. The SMILES string of the molecule is Cc1ccc(Oc2cnc(N3C(=O)CCC3c3cccc(OCCO)c3)cn2)cc1. The number of hydrogen-bond donors (Lipinski definition) is 1. The van der Waals surface area contributed by atoms with E-state index in [4.69, 9.17) is 14.6 Å². The first-order valence-electron chi connectivity index (χ1n) is 9.86. The zero-order valence-corrected chi connectivity index (χ0v) is 16.7. The fraction of sp³-hybridized carbons (Fsp3) is 0.261. The molecule has 1 aliphatic heterocycles. The van der Waals surface area contributed by atoms with Gasteiger partial charge in [-0.05, 0) is 43.2 Å². The molecule has 154 valence electrons. The molecule has 1 N–H and O–H groups in total. The van der Waals surface area contributed by atoms with Crippen LogP contribution in [-0.4, -0.2) is 34.2 Å². The molecular formula is C23H23N3O4. The Hall–Kier alpha value is -3.45. The number of carbonyl (C=O) groups excluding carboxylic acids is 1. The summed E-state index contributed by atoms with van der Waals surface area (Å²) in [6, 6.07) is 15.1. The predicted molar refractivity (Wildman–Crippen MR) is 112 cm³/mol. The number of rotatable bonds is 7. The van der Waals surface area contributed by atoms with Gasteiger partial charge in [0.2, 0.25) is 11.8 Å². The van der Waals surface area contributed by atoms with Crippen molar-refractivity contribution >= 4 is 11.7 Å².